The van der Waals surface area contributed by atoms with Crippen LogP contribution < -0.4 is 0 Å². The minimum atomic E-state index is 0.353. The van der Waals surface area contributed by atoms with E-state index in [-0.39, 0.29) is 0 Å². The predicted octanol–water partition coefficient (Wildman–Crippen LogP) is 1.12. The molecule has 2 aliphatic rings. The third-order valence-corrected chi connectivity index (χ3v) is 3.80. The summed E-state index contributed by atoms with van der Waals surface area (Å²) in [6, 6.07) is 0. The number of hydrogen-bond donors (Lipinski definition) is 0. The van der Waals surface area contributed by atoms with Crippen molar-refractivity contribution in [3.8, 4) is 0 Å². The van der Waals surface area contributed by atoms with Gasteiger partial charge in [0.15, 0.2) is 0 Å². The molecular weight excluding hydrogens is 169 g/mol. The van der Waals surface area contributed by atoms with Gasteiger partial charge in [0.1, 0.15) is 0 Å². The van der Waals surface area contributed by atoms with E-state index in [1.54, 1.807) is 0 Å². The van der Waals surface area contributed by atoms with E-state index in [1.165, 1.54) is 12.8 Å². The summed E-state index contributed by atoms with van der Waals surface area (Å²) in [6.07, 6.45) is 3.56. The summed E-state index contributed by atoms with van der Waals surface area (Å²) in [5.41, 5.74) is 0.690. The number of likely N-dealkylation sites (tertiary alicyclic amines) is 1. The summed E-state index contributed by atoms with van der Waals surface area (Å²) in [7, 11) is 4.79. The molecular formula is C9H16NOP. The lowest BCUT2D eigenvalue weighted by molar-refractivity contribution is -0.138. The van der Waals surface area contributed by atoms with Crippen molar-refractivity contribution in [3.05, 3.63) is 0 Å². The Morgan fingerprint density at radius 3 is 3.00 bits per heavy atom. The molecule has 1 saturated carbocycles. The lowest BCUT2D eigenvalue weighted by atomic mass is 9.88. The average Bonchev–Trinajstić information content (AvgIpc) is 2.39. The average molecular weight is 185 g/mol. The van der Waals surface area contributed by atoms with Crippen LogP contribution in [0.4, 0.5) is 0 Å². The molecule has 1 aliphatic carbocycles. The van der Waals surface area contributed by atoms with Gasteiger partial charge in [0.25, 0.3) is 0 Å². The van der Waals surface area contributed by atoms with Crippen molar-refractivity contribution in [2.45, 2.75) is 24.9 Å². The number of carbonyl (C=O) groups is 1. The quantitative estimate of drug-likeness (QED) is 0.518. The van der Waals surface area contributed by atoms with E-state index >= 15 is 0 Å². The molecule has 1 heterocycles. The molecule has 1 saturated heterocycles. The van der Waals surface area contributed by atoms with Gasteiger partial charge in [-0.1, -0.05) is 0 Å². The number of nitrogens with zero attached hydrogens (tertiary/aromatic N) is 1. The molecule has 0 N–H and O–H groups in total. The predicted molar refractivity (Wildman–Crippen MR) is 52.0 cm³/mol. The molecule has 0 radical (unpaired) electrons. The summed E-state index contributed by atoms with van der Waals surface area (Å²) in [4.78, 5) is 13.6. The number of hydrogen-bond acceptors (Lipinski definition) is 1. The monoisotopic (exact) mass is 185 g/mol. The van der Waals surface area contributed by atoms with Crippen molar-refractivity contribution >= 4 is 15.1 Å². The highest BCUT2D eigenvalue weighted by Gasteiger charge is 2.40. The number of piperidine rings is 1. The van der Waals surface area contributed by atoms with E-state index in [4.69, 9.17) is 0 Å². The Morgan fingerprint density at radius 1 is 1.50 bits per heavy atom. The molecule has 2 fully saturated rings. The molecule has 0 aromatic heterocycles. The lowest BCUT2D eigenvalue weighted by Crippen LogP contribution is -2.41. The maximum atomic E-state index is 11.7. The molecule has 4 atom stereocenters. The Kier molecular flexibility index (Phi) is 2.12. The smallest absolute Gasteiger partial charge is 0.225 e. The normalized spacial score (nSPS) is 41.7. The van der Waals surface area contributed by atoms with Crippen LogP contribution >= 0.6 is 9.24 Å². The van der Waals surface area contributed by atoms with Crippen LogP contribution in [-0.2, 0) is 4.79 Å². The van der Waals surface area contributed by atoms with Gasteiger partial charge in [0.2, 0.25) is 5.91 Å². The summed E-state index contributed by atoms with van der Waals surface area (Å²) < 4.78 is 0. The zero-order valence-electron chi connectivity index (χ0n) is 7.49. The number of amides is 1. The fraction of sp³-hybridized carbons (Fsp3) is 0.889. The highest BCUT2D eigenvalue weighted by Crippen LogP contribution is 2.41. The van der Waals surface area contributed by atoms with Crippen LogP contribution in [0.15, 0.2) is 0 Å². The van der Waals surface area contributed by atoms with E-state index < -0.39 is 0 Å². The maximum Gasteiger partial charge on any atom is 0.225 e. The molecule has 4 unspecified atom stereocenters. The summed E-state index contributed by atoms with van der Waals surface area (Å²) in [5.74, 6) is 1.43. The Labute approximate surface area is 75.9 Å². The summed E-state index contributed by atoms with van der Waals surface area (Å²) >= 11 is 0. The lowest BCUT2D eigenvalue weighted by Gasteiger charge is -2.31. The first kappa shape index (κ1) is 8.50. The highest BCUT2D eigenvalue weighted by atomic mass is 31.0. The van der Waals surface area contributed by atoms with Crippen LogP contribution in [-0.4, -0.2) is 30.1 Å². The first-order valence-electron chi connectivity index (χ1n) is 4.69. The zero-order valence-corrected chi connectivity index (χ0v) is 8.65. The fourth-order valence-corrected chi connectivity index (χ4v) is 3.19. The maximum absolute atomic E-state index is 11.7. The molecule has 1 amide bonds. The van der Waals surface area contributed by atoms with Crippen LogP contribution in [0.2, 0.25) is 0 Å². The molecule has 1 aliphatic heterocycles. The minimum Gasteiger partial charge on any atom is -0.346 e. The zero-order chi connectivity index (χ0) is 8.72. The van der Waals surface area contributed by atoms with Crippen LogP contribution in [0, 0.1) is 11.8 Å². The molecule has 2 nitrogen and oxygen atoms in total. The molecule has 3 heteroatoms. The van der Waals surface area contributed by atoms with Crippen LogP contribution in [0.1, 0.15) is 19.3 Å². The van der Waals surface area contributed by atoms with E-state index in [0.29, 0.717) is 23.4 Å². The van der Waals surface area contributed by atoms with Gasteiger partial charge in [-0.15, -0.1) is 9.24 Å². The molecule has 0 aromatic carbocycles. The highest BCUT2D eigenvalue weighted by molar-refractivity contribution is 7.17. The van der Waals surface area contributed by atoms with Gasteiger partial charge in [-0.2, -0.15) is 0 Å². The van der Waals surface area contributed by atoms with Crippen molar-refractivity contribution in [2.24, 2.45) is 11.8 Å². The molecule has 0 aromatic rings. The van der Waals surface area contributed by atoms with Crippen LogP contribution in [0.25, 0.3) is 0 Å². The van der Waals surface area contributed by atoms with Gasteiger partial charge >= 0.3 is 0 Å². The second-order valence-electron chi connectivity index (χ2n) is 4.15. The van der Waals surface area contributed by atoms with Crippen molar-refractivity contribution in [1.82, 2.24) is 4.90 Å². The number of rotatable bonds is 0. The second kappa shape index (κ2) is 2.99. The Hall–Kier alpha value is -0.100. The molecule has 0 spiro atoms. The van der Waals surface area contributed by atoms with Gasteiger partial charge in [0, 0.05) is 19.5 Å². The van der Waals surface area contributed by atoms with Crippen LogP contribution in [0.5, 0.6) is 0 Å². The Balaban J connectivity index is 2.11. The van der Waals surface area contributed by atoms with Crippen LogP contribution in [0.3, 0.4) is 0 Å². The number of fused-ring (bicyclic) bond motifs is 1. The standard InChI is InChI=1S/C9H16NOP/c1-10-3-2-6-4-7(12)5-8(6)9(10)11/h6-8H,2-5,12H2,1H3. The first-order valence-corrected chi connectivity index (χ1v) is 5.35. The van der Waals surface area contributed by atoms with E-state index in [2.05, 4.69) is 9.24 Å². The third-order valence-electron chi connectivity index (χ3n) is 3.26. The fourth-order valence-electron chi connectivity index (χ4n) is 2.54. The van der Waals surface area contributed by atoms with Crippen molar-refractivity contribution in [1.29, 1.82) is 0 Å². The molecule has 68 valence electrons. The van der Waals surface area contributed by atoms with E-state index in [9.17, 15) is 4.79 Å². The minimum absolute atomic E-state index is 0.353. The first-order chi connectivity index (χ1) is 5.68. The summed E-state index contributed by atoms with van der Waals surface area (Å²) in [5, 5.41) is 0. The molecule has 12 heavy (non-hydrogen) atoms. The molecule has 0 bridgehead atoms. The van der Waals surface area contributed by atoms with Crippen molar-refractivity contribution in [3.63, 3.8) is 0 Å². The number of carbonyl (C=O) groups excluding carboxylic acids is 1. The molecule has 2 rings (SSSR count). The topological polar surface area (TPSA) is 20.3 Å². The largest absolute Gasteiger partial charge is 0.346 e. The van der Waals surface area contributed by atoms with Crippen molar-refractivity contribution < 1.29 is 4.79 Å². The third kappa shape index (κ3) is 1.26. The van der Waals surface area contributed by atoms with Gasteiger partial charge in [0.05, 0.1) is 0 Å². The van der Waals surface area contributed by atoms with Crippen molar-refractivity contribution in [2.75, 3.05) is 13.6 Å². The van der Waals surface area contributed by atoms with Gasteiger partial charge < -0.3 is 4.90 Å². The van der Waals surface area contributed by atoms with E-state index in [1.807, 2.05) is 11.9 Å². The van der Waals surface area contributed by atoms with Gasteiger partial charge in [-0.05, 0) is 30.8 Å². The Bertz CT molecular complexity index is 207. The van der Waals surface area contributed by atoms with E-state index in [0.717, 1.165) is 13.0 Å². The summed E-state index contributed by atoms with van der Waals surface area (Å²) in [6.45, 7) is 0.970. The SMILES string of the molecule is CN1CCC2CC(P)CC2C1=O. The van der Waals surface area contributed by atoms with Gasteiger partial charge in [-0.25, -0.2) is 0 Å². The Morgan fingerprint density at radius 2 is 2.25 bits per heavy atom. The van der Waals surface area contributed by atoms with Gasteiger partial charge in [-0.3, -0.25) is 4.79 Å². The second-order valence-corrected chi connectivity index (χ2v) is 5.09.